The van der Waals surface area contributed by atoms with Gasteiger partial charge in [0, 0.05) is 10.9 Å². The molecule has 0 spiro atoms. The van der Waals surface area contributed by atoms with Gasteiger partial charge in [-0.25, -0.2) is 4.79 Å². The van der Waals surface area contributed by atoms with Crippen molar-refractivity contribution in [1.29, 1.82) is 0 Å². The molecule has 100 valence electrons. The lowest BCUT2D eigenvalue weighted by molar-refractivity contribution is 0.0692. The van der Waals surface area contributed by atoms with Crippen molar-refractivity contribution in [2.45, 2.75) is 6.61 Å². The zero-order chi connectivity index (χ0) is 13.8. The van der Waals surface area contributed by atoms with Gasteiger partial charge in [-0.1, -0.05) is 0 Å². The van der Waals surface area contributed by atoms with Crippen molar-refractivity contribution >= 4 is 33.2 Å². The van der Waals surface area contributed by atoms with E-state index in [2.05, 4.69) is 15.9 Å². The van der Waals surface area contributed by atoms with Gasteiger partial charge >= 0.3 is 5.97 Å². The fourth-order valence-corrected chi connectivity index (χ4v) is 2.90. The number of halogens is 1. The number of carbonyl (C=O) groups is 1. The van der Waals surface area contributed by atoms with E-state index in [0.717, 1.165) is 8.66 Å². The lowest BCUT2D eigenvalue weighted by atomic mass is 10.2. The third-order valence-electron chi connectivity index (χ3n) is 2.42. The molecular weight excluding hydrogens is 332 g/mol. The average Bonchev–Trinajstić information content (AvgIpc) is 2.81. The van der Waals surface area contributed by atoms with Gasteiger partial charge in [-0.05, 0) is 40.2 Å². The van der Waals surface area contributed by atoms with Crippen molar-refractivity contribution in [3.8, 4) is 11.5 Å². The molecule has 0 bridgehead atoms. The number of methoxy groups -OCH3 is 1. The summed E-state index contributed by atoms with van der Waals surface area (Å²) in [6.07, 6.45) is 0. The fraction of sp³-hybridized carbons (Fsp3) is 0.154. The third-order valence-corrected chi connectivity index (χ3v) is 4.02. The van der Waals surface area contributed by atoms with Crippen LogP contribution in [0.4, 0.5) is 0 Å². The van der Waals surface area contributed by atoms with Crippen LogP contribution in [-0.2, 0) is 6.61 Å². The molecule has 0 atom stereocenters. The molecule has 2 aromatic rings. The van der Waals surface area contributed by atoms with Gasteiger partial charge < -0.3 is 14.6 Å². The summed E-state index contributed by atoms with van der Waals surface area (Å²) in [6.45, 7) is 0.323. The van der Waals surface area contributed by atoms with Crippen LogP contribution in [0.3, 0.4) is 0 Å². The molecule has 2 rings (SSSR count). The second kappa shape index (κ2) is 6.08. The van der Waals surface area contributed by atoms with Gasteiger partial charge in [0.25, 0.3) is 0 Å². The summed E-state index contributed by atoms with van der Waals surface area (Å²) in [4.78, 5) is 12.1. The van der Waals surface area contributed by atoms with E-state index in [9.17, 15) is 4.79 Å². The zero-order valence-electron chi connectivity index (χ0n) is 10.1. The van der Waals surface area contributed by atoms with Crippen LogP contribution >= 0.6 is 27.3 Å². The monoisotopic (exact) mass is 342 g/mol. The molecule has 19 heavy (non-hydrogen) atoms. The van der Waals surface area contributed by atoms with Crippen LogP contribution in [0.5, 0.6) is 11.5 Å². The van der Waals surface area contributed by atoms with Crippen LogP contribution in [0, 0.1) is 0 Å². The maximum absolute atomic E-state index is 11.1. The quantitative estimate of drug-likeness (QED) is 0.897. The summed E-state index contributed by atoms with van der Waals surface area (Å²) in [7, 11) is 1.52. The highest BCUT2D eigenvalue weighted by atomic mass is 79.9. The second-order valence-corrected chi connectivity index (χ2v) is 6.21. The first-order valence-electron chi connectivity index (χ1n) is 5.38. The van der Waals surface area contributed by atoms with Crippen molar-refractivity contribution in [1.82, 2.24) is 0 Å². The smallest absolute Gasteiger partial charge is 0.339 e. The molecule has 0 aliphatic carbocycles. The first-order valence-corrected chi connectivity index (χ1v) is 6.99. The Balaban J connectivity index is 2.19. The van der Waals surface area contributed by atoms with Gasteiger partial charge in [-0.2, -0.15) is 0 Å². The number of hydrogen-bond acceptors (Lipinski definition) is 4. The number of benzene rings is 1. The van der Waals surface area contributed by atoms with Gasteiger partial charge in [-0.15, -0.1) is 11.3 Å². The van der Waals surface area contributed by atoms with E-state index in [1.165, 1.54) is 13.2 Å². The molecule has 1 aromatic heterocycles. The number of ether oxygens (including phenoxy) is 2. The van der Waals surface area contributed by atoms with E-state index in [0.29, 0.717) is 18.1 Å². The van der Waals surface area contributed by atoms with Crippen LogP contribution in [0.2, 0.25) is 0 Å². The Kier molecular flexibility index (Phi) is 4.44. The lowest BCUT2D eigenvalue weighted by Gasteiger charge is -2.09. The highest BCUT2D eigenvalue weighted by Crippen LogP contribution is 2.28. The van der Waals surface area contributed by atoms with Gasteiger partial charge in [-0.3, -0.25) is 0 Å². The summed E-state index contributed by atoms with van der Waals surface area (Å²) < 4.78 is 11.6. The van der Waals surface area contributed by atoms with E-state index >= 15 is 0 Å². The number of rotatable bonds is 5. The summed E-state index contributed by atoms with van der Waals surface area (Å²) in [5.41, 5.74) is 0.122. The maximum Gasteiger partial charge on any atom is 0.339 e. The van der Waals surface area contributed by atoms with Gasteiger partial charge in [0.2, 0.25) is 0 Å². The first kappa shape index (κ1) is 13.9. The number of carboxylic acid groups (broad SMARTS) is 1. The molecule has 0 radical (unpaired) electrons. The highest BCUT2D eigenvalue weighted by Gasteiger charge is 2.13. The maximum atomic E-state index is 11.1. The van der Waals surface area contributed by atoms with E-state index in [1.807, 2.05) is 12.1 Å². The SMILES string of the molecule is COc1ccc(C(=O)O)c(OCc2ccc(Br)s2)c1. The minimum atomic E-state index is -1.02. The number of aromatic carboxylic acids is 1. The van der Waals surface area contributed by atoms with Gasteiger partial charge in [0.1, 0.15) is 23.7 Å². The molecule has 0 saturated heterocycles. The van der Waals surface area contributed by atoms with E-state index in [1.54, 1.807) is 23.5 Å². The standard InChI is InChI=1S/C13H11BrO4S/c1-17-8-2-4-10(13(15)16)11(6-8)18-7-9-3-5-12(14)19-9/h2-6H,7H2,1H3,(H,15,16). The van der Waals surface area contributed by atoms with Crippen molar-refractivity contribution in [2.75, 3.05) is 7.11 Å². The van der Waals surface area contributed by atoms with Crippen LogP contribution in [-0.4, -0.2) is 18.2 Å². The van der Waals surface area contributed by atoms with Crippen molar-refractivity contribution in [3.05, 3.63) is 44.6 Å². The number of hydrogen-bond donors (Lipinski definition) is 1. The Labute approximate surface area is 122 Å². The molecule has 0 aliphatic rings. The van der Waals surface area contributed by atoms with Crippen LogP contribution in [0.25, 0.3) is 0 Å². The molecule has 1 N–H and O–H groups in total. The average molecular weight is 343 g/mol. The van der Waals surface area contributed by atoms with Crippen molar-refractivity contribution in [2.24, 2.45) is 0 Å². The van der Waals surface area contributed by atoms with Crippen molar-refractivity contribution < 1.29 is 19.4 Å². The Morgan fingerprint density at radius 2 is 2.16 bits per heavy atom. The Hall–Kier alpha value is -1.53. The van der Waals surface area contributed by atoms with Gasteiger partial charge in [0.05, 0.1) is 10.9 Å². The Bertz CT molecular complexity index is 594. The summed E-state index contributed by atoms with van der Waals surface area (Å²) >= 11 is 4.91. The lowest BCUT2D eigenvalue weighted by Crippen LogP contribution is -2.03. The number of carboxylic acids is 1. The molecule has 0 unspecified atom stereocenters. The molecule has 4 nitrogen and oxygen atoms in total. The zero-order valence-corrected chi connectivity index (χ0v) is 12.5. The summed E-state index contributed by atoms with van der Waals surface area (Å²) in [6, 6.07) is 8.49. The van der Waals surface area contributed by atoms with Crippen LogP contribution in [0.1, 0.15) is 15.2 Å². The molecule has 0 amide bonds. The van der Waals surface area contributed by atoms with Gasteiger partial charge in [0.15, 0.2) is 0 Å². The molecule has 6 heteroatoms. The fourth-order valence-electron chi connectivity index (χ4n) is 1.50. The predicted octanol–water partition coefficient (Wildman–Crippen LogP) is 3.80. The molecular formula is C13H11BrO4S. The first-order chi connectivity index (χ1) is 9.10. The van der Waals surface area contributed by atoms with Crippen molar-refractivity contribution in [3.63, 3.8) is 0 Å². The van der Waals surface area contributed by atoms with E-state index in [-0.39, 0.29) is 5.56 Å². The van der Waals surface area contributed by atoms with Crippen LogP contribution < -0.4 is 9.47 Å². The summed E-state index contributed by atoms with van der Waals surface area (Å²) in [5.74, 6) is -0.159. The minimum absolute atomic E-state index is 0.122. The highest BCUT2D eigenvalue weighted by molar-refractivity contribution is 9.11. The topological polar surface area (TPSA) is 55.8 Å². The van der Waals surface area contributed by atoms with Crippen LogP contribution in [0.15, 0.2) is 34.1 Å². The molecule has 1 heterocycles. The van der Waals surface area contributed by atoms with E-state index < -0.39 is 5.97 Å². The Morgan fingerprint density at radius 1 is 1.37 bits per heavy atom. The third kappa shape index (κ3) is 3.48. The molecule has 0 saturated carbocycles. The summed E-state index contributed by atoms with van der Waals surface area (Å²) in [5, 5.41) is 9.10. The Morgan fingerprint density at radius 3 is 2.74 bits per heavy atom. The molecule has 0 aliphatic heterocycles. The molecule has 0 fully saturated rings. The molecule has 1 aromatic carbocycles. The number of thiophene rings is 1. The predicted molar refractivity (Wildman–Crippen MR) is 76.3 cm³/mol. The minimum Gasteiger partial charge on any atom is -0.497 e. The van der Waals surface area contributed by atoms with E-state index in [4.69, 9.17) is 14.6 Å². The largest absolute Gasteiger partial charge is 0.497 e. The second-order valence-electron chi connectivity index (χ2n) is 3.66. The normalized spacial score (nSPS) is 10.2.